The molecule has 0 unspecified atom stereocenters. The van der Waals surface area contributed by atoms with Crippen molar-refractivity contribution in [3.8, 4) is 0 Å². The molecule has 7 heteroatoms. The maximum atomic E-state index is 12.1. The van der Waals surface area contributed by atoms with Crippen LogP contribution < -0.4 is 10.2 Å². The lowest BCUT2D eigenvalue weighted by Gasteiger charge is -2.35. The zero-order chi connectivity index (χ0) is 17.8. The van der Waals surface area contributed by atoms with Crippen molar-refractivity contribution in [2.75, 3.05) is 42.9 Å². The van der Waals surface area contributed by atoms with Crippen LogP contribution in [-0.2, 0) is 4.79 Å². The van der Waals surface area contributed by atoms with Gasteiger partial charge in [0.2, 0.25) is 5.91 Å². The van der Waals surface area contributed by atoms with Gasteiger partial charge in [0.1, 0.15) is 0 Å². The molecular formula is C18H22N4O2S. The van der Waals surface area contributed by atoms with Crippen molar-refractivity contribution in [2.45, 2.75) is 13.8 Å². The minimum absolute atomic E-state index is 0.0198. The van der Waals surface area contributed by atoms with Gasteiger partial charge in [-0.05, 0) is 38.1 Å². The highest BCUT2D eigenvalue weighted by molar-refractivity contribution is 7.15. The number of ketones is 1. The molecule has 1 aliphatic rings. The predicted molar refractivity (Wildman–Crippen MR) is 101 cm³/mol. The van der Waals surface area contributed by atoms with E-state index in [1.807, 2.05) is 31.2 Å². The second-order valence-electron chi connectivity index (χ2n) is 6.19. The SMILES string of the molecule is CC(=O)c1ccc(N2CCN(CC(=O)Nc3ncc(C)s3)CC2)cc1. The van der Waals surface area contributed by atoms with Gasteiger partial charge in [0, 0.05) is 48.5 Å². The van der Waals surface area contributed by atoms with Crippen LogP contribution in [0, 0.1) is 6.92 Å². The summed E-state index contributed by atoms with van der Waals surface area (Å²) in [6, 6.07) is 7.72. The largest absolute Gasteiger partial charge is 0.369 e. The molecule has 0 bridgehead atoms. The Hall–Kier alpha value is -2.25. The minimum atomic E-state index is -0.0198. The number of piperazine rings is 1. The number of nitrogens with zero attached hydrogens (tertiary/aromatic N) is 3. The number of carbonyl (C=O) groups excluding carboxylic acids is 2. The highest BCUT2D eigenvalue weighted by atomic mass is 32.1. The van der Waals surface area contributed by atoms with Gasteiger partial charge in [-0.1, -0.05) is 0 Å². The second-order valence-corrected chi connectivity index (χ2v) is 7.43. The molecule has 6 nitrogen and oxygen atoms in total. The van der Waals surface area contributed by atoms with Crippen LogP contribution >= 0.6 is 11.3 Å². The van der Waals surface area contributed by atoms with Crippen LogP contribution in [0.5, 0.6) is 0 Å². The smallest absolute Gasteiger partial charge is 0.240 e. The molecule has 2 aromatic rings. The van der Waals surface area contributed by atoms with Crippen molar-refractivity contribution in [3.63, 3.8) is 0 Å². The molecule has 0 aliphatic carbocycles. The molecule has 2 heterocycles. The molecule has 0 atom stereocenters. The maximum absolute atomic E-state index is 12.1. The van der Waals surface area contributed by atoms with Crippen molar-refractivity contribution in [1.29, 1.82) is 0 Å². The topological polar surface area (TPSA) is 65.5 Å². The van der Waals surface area contributed by atoms with Gasteiger partial charge in [-0.25, -0.2) is 4.98 Å². The van der Waals surface area contributed by atoms with E-state index >= 15 is 0 Å². The van der Waals surface area contributed by atoms with Crippen molar-refractivity contribution >= 4 is 33.8 Å². The zero-order valence-electron chi connectivity index (χ0n) is 14.5. The Balaban J connectivity index is 1.48. The summed E-state index contributed by atoms with van der Waals surface area (Å²) in [6.07, 6.45) is 1.76. The van der Waals surface area contributed by atoms with Crippen LogP contribution in [0.25, 0.3) is 0 Å². The van der Waals surface area contributed by atoms with E-state index in [1.54, 1.807) is 13.1 Å². The highest BCUT2D eigenvalue weighted by Gasteiger charge is 2.19. The zero-order valence-corrected chi connectivity index (χ0v) is 15.3. The average Bonchev–Trinajstić information content (AvgIpc) is 3.00. The maximum Gasteiger partial charge on any atom is 0.240 e. The first-order valence-corrected chi connectivity index (χ1v) is 9.13. The Bertz CT molecular complexity index is 749. The van der Waals surface area contributed by atoms with E-state index in [2.05, 4.69) is 20.1 Å². The first-order valence-electron chi connectivity index (χ1n) is 8.32. The molecule has 0 saturated carbocycles. The molecular weight excluding hydrogens is 336 g/mol. The molecule has 1 aromatic carbocycles. The van der Waals surface area contributed by atoms with Crippen LogP contribution in [0.3, 0.4) is 0 Å². The number of carbonyl (C=O) groups is 2. The lowest BCUT2D eigenvalue weighted by Crippen LogP contribution is -2.48. The molecule has 1 aromatic heterocycles. The summed E-state index contributed by atoms with van der Waals surface area (Å²) in [5, 5.41) is 3.51. The number of thiazole rings is 1. The Labute approximate surface area is 151 Å². The third kappa shape index (κ3) is 4.64. The summed E-state index contributed by atoms with van der Waals surface area (Å²) >= 11 is 1.49. The number of nitrogens with one attached hydrogen (secondary N) is 1. The van der Waals surface area contributed by atoms with E-state index in [9.17, 15) is 9.59 Å². The van der Waals surface area contributed by atoms with Gasteiger partial charge >= 0.3 is 0 Å². The van der Waals surface area contributed by atoms with E-state index in [4.69, 9.17) is 0 Å². The van der Waals surface area contributed by atoms with Crippen molar-refractivity contribution < 1.29 is 9.59 Å². The number of aryl methyl sites for hydroxylation is 1. The van der Waals surface area contributed by atoms with Crippen LogP contribution in [0.2, 0.25) is 0 Å². The summed E-state index contributed by atoms with van der Waals surface area (Å²) < 4.78 is 0. The molecule has 1 fully saturated rings. The van der Waals surface area contributed by atoms with Crippen LogP contribution in [-0.4, -0.2) is 54.3 Å². The van der Waals surface area contributed by atoms with Gasteiger partial charge in [0.05, 0.1) is 6.54 Å². The Morgan fingerprint density at radius 3 is 2.40 bits per heavy atom. The van der Waals surface area contributed by atoms with Crippen molar-refractivity contribution in [2.24, 2.45) is 0 Å². The van der Waals surface area contributed by atoms with E-state index in [0.717, 1.165) is 42.3 Å². The third-order valence-corrected chi connectivity index (χ3v) is 5.07. The van der Waals surface area contributed by atoms with Gasteiger partial charge in [-0.15, -0.1) is 11.3 Å². The second kappa shape index (κ2) is 7.76. The third-order valence-electron chi connectivity index (χ3n) is 4.25. The van der Waals surface area contributed by atoms with Gasteiger partial charge in [-0.3, -0.25) is 14.5 Å². The summed E-state index contributed by atoms with van der Waals surface area (Å²) in [4.78, 5) is 33.1. The van der Waals surface area contributed by atoms with Crippen LogP contribution in [0.4, 0.5) is 10.8 Å². The number of hydrogen-bond acceptors (Lipinski definition) is 6. The fraction of sp³-hybridized carbons (Fsp3) is 0.389. The summed E-state index contributed by atoms with van der Waals surface area (Å²) in [5.41, 5.74) is 1.85. The van der Waals surface area contributed by atoms with E-state index in [1.165, 1.54) is 11.3 Å². The number of amides is 1. The van der Waals surface area contributed by atoms with Gasteiger partial charge in [0.25, 0.3) is 0 Å². The monoisotopic (exact) mass is 358 g/mol. The number of aromatic nitrogens is 1. The Morgan fingerprint density at radius 2 is 1.84 bits per heavy atom. The number of anilines is 2. The average molecular weight is 358 g/mol. The molecule has 0 radical (unpaired) electrons. The van der Waals surface area contributed by atoms with Gasteiger partial charge < -0.3 is 10.2 Å². The predicted octanol–water partition coefficient (Wildman–Crippen LogP) is 2.41. The highest BCUT2D eigenvalue weighted by Crippen LogP contribution is 2.18. The molecule has 25 heavy (non-hydrogen) atoms. The molecule has 132 valence electrons. The molecule has 1 N–H and O–H groups in total. The Kier molecular flexibility index (Phi) is 5.45. The fourth-order valence-corrected chi connectivity index (χ4v) is 3.53. The van der Waals surface area contributed by atoms with E-state index in [-0.39, 0.29) is 11.7 Å². The minimum Gasteiger partial charge on any atom is -0.369 e. The molecule has 1 aliphatic heterocycles. The summed E-state index contributed by atoms with van der Waals surface area (Å²) in [5.74, 6) is 0.0615. The van der Waals surface area contributed by atoms with Crippen LogP contribution in [0.1, 0.15) is 22.2 Å². The lowest BCUT2D eigenvalue weighted by molar-refractivity contribution is -0.117. The quantitative estimate of drug-likeness (QED) is 0.832. The number of Topliss-reactive ketones (excluding diaryl/α,β-unsaturated/α-hetero) is 1. The first-order chi connectivity index (χ1) is 12.0. The van der Waals surface area contributed by atoms with E-state index < -0.39 is 0 Å². The molecule has 1 saturated heterocycles. The molecule has 0 spiro atoms. The van der Waals surface area contributed by atoms with Crippen LogP contribution in [0.15, 0.2) is 30.5 Å². The Morgan fingerprint density at radius 1 is 1.16 bits per heavy atom. The summed E-state index contributed by atoms with van der Waals surface area (Å²) in [7, 11) is 0. The van der Waals surface area contributed by atoms with E-state index in [0.29, 0.717) is 11.7 Å². The standard InChI is InChI=1S/C18H22N4O2S/c1-13-11-19-18(25-13)20-17(24)12-21-7-9-22(10-8-21)16-5-3-15(4-6-16)14(2)23/h3-6,11H,7-10,12H2,1-2H3,(H,19,20,24). The number of rotatable bonds is 5. The van der Waals surface area contributed by atoms with Crippen molar-refractivity contribution in [3.05, 3.63) is 40.9 Å². The molecule has 1 amide bonds. The fourth-order valence-electron chi connectivity index (χ4n) is 2.85. The molecule has 3 rings (SSSR count). The number of benzene rings is 1. The lowest BCUT2D eigenvalue weighted by atomic mass is 10.1. The van der Waals surface area contributed by atoms with Gasteiger partial charge in [0.15, 0.2) is 10.9 Å². The van der Waals surface area contributed by atoms with Crippen molar-refractivity contribution in [1.82, 2.24) is 9.88 Å². The first kappa shape index (κ1) is 17.6. The summed E-state index contributed by atoms with van der Waals surface area (Å²) in [6.45, 7) is 7.32. The van der Waals surface area contributed by atoms with Gasteiger partial charge in [-0.2, -0.15) is 0 Å². The number of hydrogen-bond donors (Lipinski definition) is 1. The normalized spacial score (nSPS) is 15.2.